The molecule has 90 valence electrons. The molecule has 0 aromatic heterocycles. The third-order valence-electron chi connectivity index (χ3n) is 3.19. The summed E-state index contributed by atoms with van der Waals surface area (Å²) in [5, 5.41) is 13.1. The Morgan fingerprint density at radius 2 is 2.07 bits per heavy atom. The molecule has 0 saturated heterocycles. The highest BCUT2D eigenvalue weighted by atomic mass is 16.3. The Kier molecular flexibility index (Phi) is 5.58. The summed E-state index contributed by atoms with van der Waals surface area (Å²) in [6.45, 7) is 3.68. The van der Waals surface area contributed by atoms with Crippen LogP contribution in [0.5, 0.6) is 0 Å². The second kappa shape index (κ2) is 6.46. The van der Waals surface area contributed by atoms with Gasteiger partial charge in [-0.05, 0) is 33.4 Å². The van der Waals surface area contributed by atoms with Gasteiger partial charge in [-0.1, -0.05) is 19.3 Å². The molecule has 3 nitrogen and oxygen atoms in total. The van der Waals surface area contributed by atoms with Gasteiger partial charge in [-0.2, -0.15) is 0 Å². The van der Waals surface area contributed by atoms with Crippen LogP contribution in [0.25, 0.3) is 0 Å². The monoisotopic (exact) mass is 214 g/mol. The van der Waals surface area contributed by atoms with E-state index in [-0.39, 0.29) is 6.10 Å². The molecule has 0 spiro atoms. The Morgan fingerprint density at radius 3 is 2.53 bits per heavy atom. The minimum Gasteiger partial charge on any atom is -0.390 e. The Hall–Kier alpha value is -0.120. The van der Waals surface area contributed by atoms with Crippen LogP contribution in [0.1, 0.15) is 32.6 Å². The van der Waals surface area contributed by atoms with Crippen molar-refractivity contribution in [1.82, 2.24) is 10.2 Å². The van der Waals surface area contributed by atoms with Gasteiger partial charge >= 0.3 is 0 Å². The molecule has 0 radical (unpaired) electrons. The molecule has 1 aliphatic rings. The summed E-state index contributed by atoms with van der Waals surface area (Å²) < 4.78 is 0. The molecule has 15 heavy (non-hydrogen) atoms. The third-order valence-corrected chi connectivity index (χ3v) is 3.19. The van der Waals surface area contributed by atoms with E-state index in [1.807, 2.05) is 19.0 Å². The first-order chi connectivity index (χ1) is 7.08. The van der Waals surface area contributed by atoms with Crippen LogP contribution < -0.4 is 5.32 Å². The average molecular weight is 214 g/mol. The predicted octanol–water partition coefficient (Wildman–Crippen LogP) is 1.08. The normalized spacial score (nSPS) is 21.4. The van der Waals surface area contributed by atoms with Crippen LogP contribution in [-0.4, -0.2) is 49.3 Å². The molecule has 0 aromatic carbocycles. The number of nitrogens with one attached hydrogen (secondary N) is 1. The molecule has 2 atom stereocenters. The molecule has 0 amide bonds. The minimum absolute atomic E-state index is 0.246. The summed E-state index contributed by atoms with van der Waals surface area (Å²) in [5.74, 6) is 0.943. The van der Waals surface area contributed by atoms with E-state index in [0.717, 1.165) is 12.5 Å². The van der Waals surface area contributed by atoms with E-state index in [1.54, 1.807) is 0 Å². The van der Waals surface area contributed by atoms with Crippen LogP contribution in [0.15, 0.2) is 0 Å². The van der Waals surface area contributed by atoms with Crippen molar-refractivity contribution < 1.29 is 5.11 Å². The van der Waals surface area contributed by atoms with E-state index >= 15 is 0 Å². The van der Waals surface area contributed by atoms with Gasteiger partial charge in [0.2, 0.25) is 0 Å². The number of nitrogens with zero attached hydrogens (tertiary/aromatic N) is 1. The minimum atomic E-state index is -0.246. The molecule has 1 fully saturated rings. The number of likely N-dealkylation sites (N-methyl/N-ethyl adjacent to an activating group) is 1. The van der Waals surface area contributed by atoms with Gasteiger partial charge in [-0.25, -0.2) is 0 Å². The maximum atomic E-state index is 9.67. The molecule has 2 N–H and O–H groups in total. The Balaban J connectivity index is 2.01. The number of rotatable bonds is 7. The Labute approximate surface area is 93.9 Å². The number of hydrogen-bond acceptors (Lipinski definition) is 3. The molecule has 1 rings (SSSR count). The number of aliphatic hydroxyl groups is 1. The van der Waals surface area contributed by atoms with E-state index in [2.05, 4.69) is 12.2 Å². The highest BCUT2D eigenvalue weighted by Crippen LogP contribution is 2.30. The van der Waals surface area contributed by atoms with Crippen molar-refractivity contribution >= 4 is 0 Å². The van der Waals surface area contributed by atoms with Gasteiger partial charge in [-0.15, -0.1) is 0 Å². The van der Waals surface area contributed by atoms with Gasteiger partial charge < -0.3 is 15.3 Å². The summed E-state index contributed by atoms with van der Waals surface area (Å²) >= 11 is 0. The summed E-state index contributed by atoms with van der Waals surface area (Å²) in [6, 6.07) is 0.548. The molecule has 3 heteroatoms. The van der Waals surface area contributed by atoms with Gasteiger partial charge in [0.05, 0.1) is 6.10 Å². The topological polar surface area (TPSA) is 35.5 Å². The van der Waals surface area contributed by atoms with Crippen molar-refractivity contribution in [3.63, 3.8) is 0 Å². The van der Waals surface area contributed by atoms with Crippen LogP contribution in [0, 0.1) is 5.92 Å². The molecular formula is C12H26N2O. The Bertz CT molecular complexity index is 169. The molecule has 1 aliphatic carbocycles. The average Bonchev–Trinajstić information content (AvgIpc) is 2.07. The zero-order valence-electron chi connectivity index (χ0n) is 10.4. The first-order valence-electron chi connectivity index (χ1n) is 6.14. The van der Waals surface area contributed by atoms with Crippen LogP contribution >= 0.6 is 0 Å². The third kappa shape index (κ3) is 5.50. The lowest BCUT2D eigenvalue weighted by atomic mass is 9.81. The van der Waals surface area contributed by atoms with Gasteiger partial charge in [0.25, 0.3) is 0 Å². The lowest BCUT2D eigenvalue weighted by Gasteiger charge is -2.29. The van der Waals surface area contributed by atoms with E-state index in [1.165, 1.54) is 25.7 Å². The van der Waals surface area contributed by atoms with Gasteiger partial charge in [0, 0.05) is 19.1 Å². The van der Waals surface area contributed by atoms with Crippen molar-refractivity contribution in [2.75, 3.05) is 27.2 Å². The summed E-state index contributed by atoms with van der Waals surface area (Å²) in [7, 11) is 3.97. The summed E-state index contributed by atoms with van der Waals surface area (Å²) in [5.41, 5.74) is 0. The summed E-state index contributed by atoms with van der Waals surface area (Å²) in [4.78, 5) is 2.02. The highest BCUT2D eigenvalue weighted by molar-refractivity contribution is 4.75. The fraction of sp³-hybridized carbons (Fsp3) is 1.00. The molecular weight excluding hydrogens is 188 g/mol. The second-order valence-electron chi connectivity index (χ2n) is 5.26. The first-order valence-corrected chi connectivity index (χ1v) is 6.14. The van der Waals surface area contributed by atoms with Crippen molar-refractivity contribution in [1.29, 1.82) is 0 Å². The lowest BCUT2D eigenvalue weighted by Crippen LogP contribution is -2.39. The zero-order chi connectivity index (χ0) is 11.3. The van der Waals surface area contributed by atoms with Crippen LogP contribution in [0.3, 0.4) is 0 Å². The van der Waals surface area contributed by atoms with Crippen LogP contribution in [-0.2, 0) is 0 Å². The van der Waals surface area contributed by atoms with Gasteiger partial charge in [0.15, 0.2) is 0 Å². The second-order valence-corrected chi connectivity index (χ2v) is 5.26. The predicted molar refractivity (Wildman–Crippen MR) is 64.0 cm³/mol. The maximum absolute atomic E-state index is 9.67. The standard InChI is InChI=1S/C12H26N2O/c1-10(7-11-5-4-6-11)13-8-12(15)9-14(2)3/h10-13,15H,4-9H2,1-3H3. The van der Waals surface area contributed by atoms with Crippen LogP contribution in [0.4, 0.5) is 0 Å². The van der Waals surface area contributed by atoms with Crippen molar-refractivity contribution in [3.05, 3.63) is 0 Å². The van der Waals surface area contributed by atoms with Crippen molar-refractivity contribution in [2.24, 2.45) is 5.92 Å². The van der Waals surface area contributed by atoms with E-state index in [4.69, 9.17) is 0 Å². The largest absolute Gasteiger partial charge is 0.390 e. The maximum Gasteiger partial charge on any atom is 0.0791 e. The number of hydrogen-bond donors (Lipinski definition) is 2. The fourth-order valence-electron chi connectivity index (χ4n) is 2.14. The first kappa shape index (κ1) is 12.9. The SMILES string of the molecule is CC(CC1CCC1)NCC(O)CN(C)C. The molecule has 0 bridgehead atoms. The Morgan fingerprint density at radius 1 is 1.40 bits per heavy atom. The molecule has 1 saturated carbocycles. The van der Waals surface area contributed by atoms with Gasteiger partial charge in [-0.3, -0.25) is 0 Å². The smallest absolute Gasteiger partial charge is 0.0791 e. The quantitative estimate of drug-likeness (QED) is 0.665. The van der Waals surface area contributed by atoms with Crippen molar-refractivity contribution in [2.45, 2.75) is 44.8 Å². The molecule has 0 aromatic rings. The zero-order valence-corrected chi connectivity index (χ0v) is 10.4. The van der Waals surface area contributed by atoms with E-state index in [9.17, 15) is 5.11 Å². The molecule has 0 heterocycles. The van der Waals surface area contributed by atoms with Crippen LogP contribution in [0.2, 0.25) is 0 Å². The highest BCUT2D eigenvalue weighted by Gasteiger charge is 2.19. The molecule has 0 aliphatic heterocycles. The van der Waals surface area contributed by atoms with E-state index in [0.29, 0.717) is 12.6 Å². The molecule has 2 unspecified atom stereocenters. The van der Waals surface area contributed by atoms with Crippen molar-refractivity contribution in [3.8, 4) is 0 Å². The lowest BCUT2D eigenvalue weighted by molar-refractivity contribution is 0.129. The number of aliphatic hydroxyl groups excluding tert-OH is 1. The van der Waals surface area contributed by atoms with Gasteiger partial charge in [0.1, 0.15) is 0 Å². The fourth-order valence-corrected chi connectivity index (χ4v) is 2.14. The summed E-state index contributed by atoms with van der Waals surface area (Å²) in [6.07, 6.45) is 5.26. The van der Waals surface area contributed by atoms with E-state index < -0.39 is 0 Å².